The van der Waals surface area contributed by atoms with Crippen molar-refractivity contribution in [1.82, 2.24) is 5.43 Å². The van der Waals surface area contributed by atoms with Crippen molar-refractivity contribution in [1.29, 1.82) is 0 Å². The highest BCUT2D eigenvalue weighted by molar-refractivity contribution is 5.91. The first-order chi connectivity index (χ1) is 16.4. The van der Waals surface area contributed by atoms with Gasteiger partial charge in [-0.25, -0.2) is 10.2 Å². The maximum Gasteiger partial charge on any atom is 0.343 e. The molecule has 0 bridgehead atoms. The summed E-state index contributed by atoms with van der Waals surface area (Å²) in [5, 5.41) is 3.97. The van der Waals surface area contributed by atoms with Crippen LogP contribution in [0.3, 0.4) is 0 Å². The summed E-state index contributed by atoms with van der Waals surface area (Å²) in [6.07, 6.45) is 1.47. The van der Waals surface area contributed by atoms with Crippen LogP contribution in [0.2, 0.25) is 0 Å². The minimum atomic E-state index is -0.484. The molecule has 0 spiro atoms. The molecule has 0 aliphatic heterocycles. The summed E-state index contributed by atoms with van der Waals surface area (Å²) in [5.41, 5.74) is 5.63. The van der Waals surface area contributed by atoms with Gasteiger partial charge in [0.25, 0.3) is 5.91 Å². The van der Waals surface area contributed by atoms with E-state index in [1.54, 1.807) is 42.5 Å². The molecule has 176 valence electrons. The molecule has 0 saturated carbocycles. The smallest absolute Gasteiger partial charge is 0.343 e. The van der Waals surface area contributed by atoms with Crippen molar-refractivity contribution in [2.45, 2.75) is 26.7 Å². The SMILES string of the molecule is COc1cc(/C=N/NC(=O)COc2cc(C(C)C)ccc2C)ccc1OC(=O)c1ccccc1. The third-order valence-electron chi connectivity index (χ3n) is 5.04. The highest BCUT2D eigenvalue weighted by Gasteiger charge is 2.12. The van der Waals surface area contributed by atoms with Crippen molar-refractivity contribution in [3.63, 3.8) is 0 Å². The Morgan fingerprint density at radius 3 is 2.44 bits per heavy atom. The molecule has 0 aliphatic carbocycles. The number of nitrogens with one attached hydrogen (secondary N) is 1. The van der Waals surface area contributed by atoms with E-state index in [-0.39, 0.29) is 18.3 Å². The molecule has 0 heterocycles. The Balaban J connectivity index is 1.56. The molecule has 0 aliphatic rings. The number of benzene rings is 3. The van der Waals surface area contributed by atoms with E-state index < -0.39 is 5.97 Å². The summed E-state index contributed by atoms with van der Waals surface area (Å²) in [6, 6.07) is 19.6. The van der Waals surface area contributed by atoms with Crippen LogP contribution in [0.15, 0.2) is 71.8 Å². The number of hydrogen-bond acceptors (Lipinski definition) is 6. The van der Waals surface area contributed by atoms with E-state index in [1.165, 1.54) is 13.3 Å². The van der Waals surface area contributed by atoms with E-state index in [9.17, 15) is 9.59 Å². The third-order valence-corrected chi connectivity index (χ3v) is 5.04. The number of amides is 1. The number of rotatable bonds is 9. The Hall–Kier alpha value is -4.13. The normalized spacial score (nSPS) is 10.9. The highest BCUT2D eigenvalue weighted by Crippen LogP contribution is 2.28. The molecule has 0 aromatic heterocycles. The Bertz CT molecular complexity index is 1170. The number of carbonyl (C=O) groups excluding carboxylic acids is 2. The number of aryl methyl sites for hydroxylation is 1. The first kappa shape index (κ1) is 24.5. The van der Waals surface area contributed by atoms with Crippen molar-refractivity contribution in [3.05, 3.63) is 89.0 Å². The molecule has 3 rings (SSSR count). The number of hydrogen-bond donors (Lipinski definition) is 1. The van der Waals surface area contributed by atoms with Crippen LogP contribution in [-0.2, 0) is 4.79 Å². The second-order valence-corrected chi connectivity index (χ2v) is 7.93. The van der Waals surface area contributed by atoms with Gasteiger partial charge in [-0.2, -0.15) is 5.10 Å². The first-order valence-corrected chi connectivity index (χ1v) is 10.9. The average Bonchev–Trinajstić information content (AvgIpc) is 2.84. The van der Waals surface area contributed by atoms with Gasteiger partial charge in [-0.05, 0) is 65.9 Å². The molecule has 3 aromatic rings. The van der Waals surface area contributed by atoms with Gasteiger partial charge in [-0.15, -0.1) is 0 Å². The lowest BCUT2D eigenvalue weighted by Gasteiger charge is -2.12. The number of hydrazone groups is 1. The Morgan fingerprint density at radius 2 is 1.74 bits per heavy atom. The standard InChI is InChI=1S/C27H28N2O5/c1-18(2)22-12-10-19(3)24(15-22)33-17-26(30)29-28-16-20-11-13-23(25(14-20)32-4)34-27(31)21-8-6-5-7-9-21/h5-16,18H,17H2,1-4H3,(H,29,30)/b28-16+. The number of nitrogens with zero attached hydrogens (tertiary/aromatic N) is 1. The lowest BCUT2D eigenvalue weighted by atomic mass is 10.0. The predicted octanol–water partition coefficient (Wildman–Crippen LogP) is 4.88. The van der Waals surface area contributed by atoms with Gasteiger partial charge in [0.1, 0.15) is 5.75 Å². The largest absolute Gasteiger partial charge is 0.493 e. The quantitative estimate of drug-likeness (QED) is 0.213. The number of ether oxygens (including phenoxy) is 3. The number of esters is 1. The first-order valence-electron chi connectivity index (χ1n) is 10.9. The molecule has 34 heavy (non-hydrogen) atoms. The maximum atomic E-state index is 12.3. The number of methoxy groups -OCH3 is 1. The summed E-state index contributed by atoms with van der Waals surface area (Å²) < 4.78 is 16.4. The van der Waals surface area contributed by atoms with Crippen LogP contribution >= 0.6 is 0 Å². The van der Waals surface area contributed by atoms with Crippen LogP contribution in [-0.4, -0.2) is 31.8 Å². The van der Waals surface area contributed by atoms with Gasteiger partial charge in [0, 0.05) is 0 Å². The van der Waals surface area contributed by atoms with Crippen molar-refractivity contribution in [2.24, 2.45) is 5.10 Å². The van der Waals surface area contributed by atoms with Gasteiger partial charge in [0.2, 0.25) is 0 Å². The Labute approximate surface area is 199 Å². The van der Waals surface area contributed by atoms with Crippen LogP contribution < -0.4 is 19.6 Å². The van der Waals surface area contributed by atoms with E-state index in [2.05, 4.69) is 30.4 Å². The molecular weight excluding hydrogens is 432 g/mol. The lowest BCUT2D eigenvalue weighted by molar-refractivity contribution is -0.123. The van der Waals surface area contributed by atoms with E-state index >= 15 is 0 Å². The Kier molecular flexibility index (Phi) is 8.40. The molecule has 7 nitrogen and oxygen atoms in total. The fourth-order valence-electron chi connectivity index (χ4n) is 3.07. The van der Waals surface area contributed by atoms with Gasteiger partial charge < -0.3 is 14.2 Å². The predicted molar refractivity (Wildman–Crippen MR) is 131 cm³/mol. The molecule has 3 aromatic carbocycles. The van der Waals surface area contributed by atoms with Crippen molar-refractivity contribution >= 4 is 18.1 Å². The lowest BCUT2D eigenvalue weighted by Crippen LogP contribution is -2.24. The molecule has 1 amide bonds. The van der Waals surface area contributed by atoms with E-state index in [0.717, 1.165) is 11.1 Å². The third kappa shape index (κ3) is 6.68. The van der Waals surface area contributed by atoms with Gasteiger partial charge in [-0.3, -0.25) is 4.79 Å². The summed E-state index contributed by atoms with van der Waals surface area (Å²) in [6.45, 7) is 5.98. The fraction of sp³-hybridized carbons (Fsp3) is 0.222. The van der Waals surface area contributed by atoms with Crippen molar-refractivity contribution in [3.8, 4) is 17.2 Å². The van der Waals surface area contributed by atoms with Gasteiger partial charge in [0.05, 0.1) is 18.9 Å². The summed E-state index contributed by atoms with van der Waals surface area (Å²) in [4.78, 5) is 24.4. The molecule has 0 saturated heterocycles. The molecule has 1 N–H and O–H groups in total. The number of carbonyl (C=O) groups is 2. The fourth-order valence-corrected chi connectivity index (χ4v) is 3.07. The Morgan fingerprint density at radius 1 is 0.971 bits per heavy atom. The second kappa shape index (κ2) is 11.7. The molecular formula is C27H28N2O5. The minimum Gasteiger partial charge on any atom is -0.493 e. The summed E-state index contributed by atoms with van der Waals surface area (Å²) in [7, 11) is 1.48. The van der Waals surface area contributed by atoms with E-state index in [4.69, 9.17) is 14.2 Å². The van der Waals surface area contributed by atoms with Gasteiger partial charge in [-0.1, -0.05) is 44.2 Å². The van der Waals surface area contributed by atoms with Gasteiger partial charge in [0.15, 0.2) is 18.1 Å². The van der Waals surface area contributed by atoms with Crippen LogP contribution in [0.5, 0.6) is 17.2 Å². The molecule has 0 atom stereocenters. The zero-order valence-corrected chi connectivity index (χ0v) is 19.7. The van der Waals surface area contributed by atoms with Crippen molar-refractivity contribution in [2.75, 3.05) is 13.7 Å². The molecule has 7 heteroatoms. The van der Waals surface area contributed by atoms with Crippen LogP contribution in [0.4, 0.5) is 0 Å². The van der Waals surface area contributed by atoms with Gasteiger partial charge >= 0.3 is 5.97 Å². The monoisotopic (exact) mass is 460 g/mol. The van der Waals surface area contributed by atoms with E-state index in [0.29, 0.717) is 28.5 Å². The topological polar surface area (TPSA) is 86.2 Å². The zero-order valence-electron chi connectivity index (χ0n) is 19.7. The molecule has 0 radical (unpaired) electrons. The zero-order chi connectivity index (χ0) is 24.5. The van der Waals surface area contributed by atoms with Crippen LogP contribution in [0.25, 0.3) is 0 Å². The van der Waals surface area contributed by atoms with Crippen LogP contribution in [0, 0.1) is 6.92 Å². The summed E-state index contributed by atoms with van der Waals surface area (Å²) >= 11 is 0. The average molecular weight is 461 g/mol. The van der Waals surface area contributed by atoms with E-state index in [1.807, 2.05) is 25.1 Å². The van der Waals surface area contributed by atoms with Crippen LogP contribution in [0.1, 0.15) is 46.8 Å². The highest BCUT2D eigenvalue weighted by atomic mass is 16.6. The minimum absolute atomic E-state index is 0.155. The molecule has 0 fully saturated rings. The maximum absolute atomic E-state index is 12.3. The summed E-state index contributed by atoms with van der Waals surface area (Å²) in [5.74, 6) is 0.823. The van der Waals surface area contributed by atoms with Crippen molar-refractivity contribution < 1.29 is 23.8 Å². The molecule has 0 unspecified atom stereocenters. The second-order valence-electron chi connectivity index (χ2n) is 7.93.